The third kappa shape index (κ3) is 4.04. The third-order valence-corrected chi connectivity index (χ3v) is 1.81. The van der Waals surface area contributed by atoms with Crippen LogP contribution in [0, 0.1) is 0 Å². The Bertz CT molecular complexity index is 108. The molecule has 0 fully saturated rings. The van der Waals surface area contributed by atoms with Gasteiger partial charge in [-0.25, -0.2) is 0 Å². The minimum Gasteiger partial charge on any atom is -0.384 e. The minimum atomic E-state index is 0.773. The summed E-state index contributed by atoms with van der Waals surface area (Å²) in [5, 5.41) is 0. The molecule has 11 heavy (non-hydrogen) atoms. The molecule has 0 spiro atoms. The number of nitrogens with zero attached hydrogens (tertiary/aromatic N) is 1. The number of hydrogen-bond acceptors (Lipinski definition) is 2. The van der Waals surface area contributed by atoms with E-state index < -0.39 is 0 Å². The maximum absolute atomic E-state index is 4.96. The smallest absolute Gasteiger partial charge is 0.0516 e. The maximum Gasteiger partial charge on any atom is 0.0516 e. The quantitative estimate of drug-likeness (QED) is 0.583. The van der Waals surface area contributed by atoms with Crippen LogP contribution in [0.1, 0.15) is 20.3 Å². The van der Waals surface area contributed by atoms with Gasteiger partial charge in [-0.05, 0) is 13.8 Å². The Morgan fingerprint density at radius 1 is 1.36 bits per heavy atom. The normalized spacial score (nSPS) is 9.73. The van der Waals surface area contributed by atoms with Crippen molar-refractivity contribution in [2.75, 3.05) is 26.8 Å². The van der Waals surface area contributed by atoms with Crippen LogP contribution in [0.15, 0.2) is 12.3 Å². The lowest BCUT2D eigenvalue weighted by atomic mass is 10.3. The Morgan fingerprint density at radius 3 is 2.27 bits per heavy atom. The van der Waals surface area contributed by atoms with E-state index in [-0.39, 0.29) is 0 Å². The van der Waals surface area contributed by atoms with Gasteiger partial charge in [0.25, 0.3) is 0 Å². The Morgan fingerprint density at radius 2 is 1.91 bits per heavy atom. The predicted octanol–water partition coefficient (Wildman–Crippen LogP) is 1.88. The van der Waals surface area contributed by atoms with E-state index in [9.17, 15) is 0 Å². The molecule has 0 aliphatic heterocycles. The van der Waals surface area contributed by atoms with Crippen LogP contribution in [0.4, 0.5) is 0 Å². The second-order valence-corrected chi connectivity index (χ2v) is 2.48. The van der Waals surface area contributed by atoms with Crippen molar-refractivity contribution >= 4 is 0 Å². The number of methoxy groups -OCH3 is 1. The minimum absolute atomic E-state index is 0.773. The van der Waals surface area contributed by atoms with Gasteiger partial charge in [0.1, 0.15) is 0 Å². The lowest BCUT2D eigenvalue weighted by molar-refractivity contribution is 0.192. The van der Waals surface area contributed by atoms with Crippen molar-refractivity contribution in [1.82, 2.24) is 4.90 Å². The molecular weight excluding hydrogens is 138 g/mol. The van der Waals surface area contributed by atoms with Crippen LogP contribution < -0.4 is 0 Å². The zero-order valence-electron chi connectivity index (χ0n) is 7.89. The van der Waals surface area contributed by atoms with E-state index in [0.717, 1.165) is 26.1 Å². The Labute approximate surface area is 69.8 Å². The van der Waals surface area contributed by atoms with Gasteiger partial charge in [-0.1, -0.05) is 6.58 Å². The number of hydrogen-bond donors (Lipinski definition) is 0. The molecular formula is C9H19NO. The van der Waals surface area contributed by atoms with E-state index in [1.807, 2.05) is 0 Å². The molecule has 2 nitrogen and oxygen atoms in total. The van der Waals surface area contributed by atoms with Crippen molar-refractivity contribution in [2.24, 2.45) is 0 Å². The van der Waals surface area contributed by atoms with Crippen LogP contribution >= 0.6 is 0 Å². The van der Waals surface area contributed by atoms with Crippen LogP contribution in [0.3, 0.4) is 0 Å². The highest BCUT2D eigenvalue weighted by atomic mass is 16.5. The second-order valence-electron chi connectivity index (χ2n) is 2.48. The molecule has 0 radical (unpaired) electrons. The van der Waals surface area contributed by atoms with E-state index >= 15 is 0 Å². The first-order valence-electron chi connectivity index (χ1n) is 4.17. The van der Waals surface area contributed by atoms with E-state index in [1.165, 1.54) is 5.70 Å². The molecule has 0 heterocycles. The van der Waals surface area contributed by atoms with Crippen molar-refractivity contribution < 1.29 is 4.74 Å². The van der Waals surface area contributed by atoms with Crippen molar-refractivity contribution in [1.29, 1.82) is 0 Å². The van der Waals surface area contributed by atoms with E-state index in [0.29, 0.717) is 0 Å². The highest BCUT2D eigenvalue weighted by Gasteiger charge is 2.00. The molecule has 0 atom stereocenters. The second kappa shape index (κ2) is 6.23. The molecule has 0 aromatic rings. The summed E-state index contributed by atoms with van der Waals surface area (Å²) in [6, 6.07) is 0. The van der Waals surface area contributed by atoms with Crippen LogP contribution in [0.25, 0.3) is 0 Å². The average molecular weight is 157 g/mol. The van der Waals surface area contributed by atoms with Crippen molar-refractivity contribution in [3.8, 4) is 0 Å². The first-order chi connectivity index (χ1) is 5.26. The number of ether oxygens (including phenoxy) is 1. The highest BCUT2D eigenvalue weighted by molar-refractivity contribution is 4.92. The zero-order valence-corrected chi connectivity index (χ0v) is 7.89. The summed E-state index contributed by atoms with van der Waals surface area (Å²) in [5.41, 5.74) is 1.18. The van der Waals surface area contributed by atoms with Gasteiger partial charge in [-0.2, -0.15) is 0 Å². The molecule has 0 saturated carbocycles. The van der Waals surface area contributed by atoms with E-state index in [4.69, 9.17) is 4.74 Å². The van der Waals surface area contributed by atoms with Crippen LogP contribution in [0.2, 0.25) is 0 Å². The molecule has 0 bridgehead atoms. The van der Waals surface area contributed by atoms with Crippen LogP contribution in [-0.2, 0) is 4.74 Å². The highest BCUT2D eigenvalue weighted by Crippen LogP contribution is 2.04. The molecule has 2 heteroatoms. The van der Waals surface area contributed by atoms with Crippen LogP contribution in [0.5, 0.6) is 0 Å². The largest absolute Gasteiger partial charge is 0.384 e. The predicted molar refractivity (Wildman–Crippen MR) is 48.6 cm³/mol. The zero-order chi connectivity index (χ0) is 8.69. The third-order valence-electron chi connectivity index (χ3n) is 1.81. The summed E-state index contributed by atoms with van der Waals surface area (Å²) in [6.07, 6.45) is 0.943. The fourth-order valence-electron chi connectivity index (χ4n) is 1.05. The monoisotopic (exact) mass is 157 g/mol. The molecule has 0 rings (SSSR count). The van der Waals surface area contributed by atoms with Crippen molar-refractivity contribution in [2.45, 2.75) is 20.3 Å². The lowest BCUT2D eigenvalue weighted by Gasteiger charge is -2.22. The van der Waals surface area contributed by atoms with Gasteiger partial charge in [0.15, 0.2) is 0 Å². The average Bonchev–Trinajstić information content (AvgIpc) is 2.03. The molecule has 0 N–H and O–H groups in total. The first-order valence-corrected chi connectivity index (χ1v) is 4.17. The Kier molecular flexibility index (Phi) is 5.94. The van der Waals surface area contributed by atoms with Gasteiger partial charge in [0.05, 0.1) is 6.61 Å². The van der Waals surface area contributed by atoms with Crippen LogP contribution in [-0.4, -0.2) is 31.7 Å². The van der Waals surface area contributed by atoms with Crippen molar-refractivity contribution in [3.05, 3.63) is 12.3 Å². The molecule has 0 saturated heterocycles. The molecule has 0 aliphatic carbocycles. The molecule has 0 aromatic heterocycles. The molecule has 0 unspecified atom stereocenters. The van der Waals surface area contributed by atoms with Gasteiger partial charge in [-0.15, -0.1) is 0 Å². The maximum atomic E-state index is 4.96. The number of rotatable bonds is 6. The topological polar surface area (TPSA) is 12.5 Å². The molecule has 66 valence electrons. The summed E-state index contributed by atoms with van der Waals surface area (Å²) in [4.78, 5) is 2.25. The van der Waals surface area contributed by atoms with E-state index in [1.54, 1.807) is 7.11 Å². The lowest BCUT2D eigenvalue weighted by Crippen LogP contribution is -2.22. The summed E-state index contributed by atoms with van der Waals surface area (Å²) in [7, 11) is 1.72. The fraction of sp³-hybridized carbons (Fsp3) is 0.778. The molecule has 0 amide bonds. The van der Waals surface area contributed by atoms with E-state index in [2.05, 4.69) is 25.3 Å². The standard InChI is InChI=1S/C9H19NO/c1-5-10(6-2)9(3)7-8-11-4/h3,5-8H2,1-2,4H3. The summed E-state index contributed by atoms with van der Waals surface area (Å²) in [5.74, 6) is 0. The molecule has 0 aliphatic rings. The van der Waals surface area contributed by atoms with Gasteiger partial charge < -0.3 is 9.64 Å². The summed E-state index contributed by atoms with van der Waals surface area (Å²) in [6.45, 7) is 11.1. The van der Waals surface area contributed by atoms with Gasteiger partial charge >= 0.3 is 0 Å². The SMILES string of the molecule is C=C(CCOC)N(CC)CC. The van der Waals surface area contributed by atoms with Gasteiger partial charge in [-0.3, -0.25) is 0 Å². The first kappa shape index (κ1) is 10.5. The summed E-state index contributed by atoms with van der Waals surface area (Å²) >= 11 is 0. The Balaban J connectivity index is 3.61. The van der Waals surface area contributed by atoms with Gasteiger partial charge in [0.2, 0.25) is 0 Å². The van der Waals surface area contributed by atoms with Gasteiger partial charge in [0, 0.05) is 32.3 Å². The fourth-order valence-corrected chi connectivity index (χ4v) is 1.05. The Hall–Kier alpha value is -0.500. The summed E-state index contributed by atoms with van der Waals surface area (Å²) < 4.78 is 4.96. The molecule has 0 aromatic carbocycles. The van der Waals surface area contributed by atoms with Crippen molar-refractivity contribution in [3.63, 3.8) is 0 Å².